The van der Waals surface area contributed by atoms with Gasteiger partial charge in [-0.1, -0.05) is 27.7 Å². The van der Waals surface area contributed by atoms with Crippen LogP contribution in [-0.4, -0.2) is 39.3 Å². The lowest BCUT2D eigenvalue weighted by Gasteiger charge is -2.41. The number of hydrogen-bond acceptors (Lipinski definition) is 4. The Bertz CT molecular complexity index is 209. The van der Waals surface area contributed by atoms with Crippen molar-refractivity contribution in [2.75, 3.05) is 39.3 Å². The van der Waals surface area contributed by atoms with Gasteiger partial charge in [-0.15, -0.1) is 0 Å². The molecule has 0 spiro atoms. The highest BCUT2D eigenvalue weighted by atomic mass is 14.9. The molecule has 0 heterocycles. The van der Waals surface area contributed by atoms with Crippen molar-refractivity contribution >= 4 is 0 Å². The third-order valence-electron chi connectivity index (χ3n) is 4.65. The average molecular weight is 287 g/mol. The fourth-order valence-corrected chi connectivity index (χ4v) is 2.79. The zero-order chi connectivity index (χ0) is 15.4. The van der Waals surface area contributed by atoms with Gasteiger partial charge in [-0.25, -0.2) is 0 Å². The van der Waals surface area contributed by atoms with Crippen LogP contribution in [0, 0.1) is 17.3 Å². The van der Waals surface area contributed by atoms with Crippen LogP contribution in [0.2, 0.25) is 0 Å². The van der Waals surface area contributed by atoms with Crippen molar-refractivity contribution in [3.8, 4) is 0 Å². The molecular weight excluding hydrogens is 248 g/mol. The predicted molar refractivity (Wildman–Crippen MR) is 89.8 cm³/mol. The van der Waals surface area contributed by atoms with Crippen LogP contribution in [0.15, 0.2) is 0 Å². The molecule has 0 aliphatic rings. The Labute approximate surface area is 126 Å². The molecule has 4 nitrogen and oxygen atoms in total. The molecule has 0 amide bonds. The maximum atomic E-state index is 6.06. The van der Waals surface area contributed by atoms with E-state index in [-0.39, 0.29) is 5.41 Å². The summed E-state index contributed by atoms with van der Waals surface area (Å²) in [7, 11) is 0. The molecule has 20 heavy (non-hydrogen) atoms. The van der Waals surface area contributed by atoms with Crippen molar-refractivity contribution in [1.29, 1.82) is 0 Å². The van der Waals surface area contributed by atoms with E-state index in [1.807, 2.05) is 0 Å². The zero-order valence-corrected chi connectivity index (χ0v) is 14.2. The van der Waals surface area contributed by atoms with Crippen LogP contribution in [0.3, 0.4) is 0 Å². The molecule has 4 heteroatoms. The van der Waals surface area contributed by atoms with E-state index in [4.69, 9.17) is 11.5 Å². The van der Waals surface area contributed by atoms with Crippen LogP contribution in [0.1, 0.15) is 47.0 Å². The summed E-state index contributed by atoms with van der Waals surface area (Å²) in [5.74, 6) is 1.22. The maximum absolute atomic E-state index is 6.06. The first-order valence-electron chi connectivity index (χ1n) is 8.32. The molecule has 0 bridgehead atoms. The molecule has 0 aliphatic carbocycles. The monoisotopic (exact) mass is 286 g/mol. The van der Waals surface area contributed by atoms with Gasteiger partial charge in [0.05, 0.1) is 0 Å². The van der Waals surface area contributed by atoms with Gasteiger partial charge in [0.1, 0.15) is 0 Å². The molecule has 0 rings (SSSR count). The normalized spacial score (nSPS) is 12.6. The van der Waals surface area contributed by atoms with Crippen molar-refractivity contribution in [3.63, 3.8) is 0 Å². The van der Waals surface area contributed by atoms with Crippen LogP contribution >= 0.6 is 0 Å². The van der Waals surface area contributed by atoms with Crippen molar-refractivity contribution in [1.82, 2.24) is 10.6 Å². The minimum absolute atomic E-state index is 0.222. The summed E-state index contributed by atoms with van der Waals surface area (Å²) in [6.07, 6.45) is 3.50. The summed E-state index contributed by atoms with van der Waals surface area (Å²) in [6.45, 7) is 14.9. The highest BCUT2D eigenvalue weighted by Crippen LogP contribution is 2.34. The molecule has 0 aromatic carbocycles. The first-order valence-corrected chi connectivity index (χ1v) is 8.32. The highest BCUT2D eigenvalue weighted by molar-refractivity contribution is 4.88. The number of nitrogens with two attached hydrogens (primary N) is 2. The second kappa shape index (κ2) is 11.5. The smallest absolute Gasteiger partial charge is 0.00248 e. The minimum atomic E-state index is 0.222. The number of unbranched alkanes of at least 4 members (excludes halogenated alkanes) is 1. The highest BCUT2D eigenvalue weighted by Gasteiger charge is 2.35. The van der Waals surface area contributed by atoms with Crippen molar-refractivity contribution in [2.45, 2.75) is 47.0 Å². The van der Waals surface area contributed by atoms with Crippen LogP contribution in [-0.2, 0) is 0 Å². The zero-order valence-electron chi connectivity index (χ0n) is 14.2. The first kappa shape index (κ1) is 19.8. The summed E-state index contributed by atoms with van der Waals surface area (Å²) in [5.41, 5.74) is 11.7. The van der Waals surface area contributed by atoms with Gasteiger partial charge in [0, 0.05) is 6.54 Å². The molecular formula is C16H38N4. The van der Waals surface area contributed by atoms with Crippen molar-refractivity contribution in [2.24, 2.45) is 28.7 Å². The summed E-state index contributed by atoms with van der Waals surface area (Å²) in [5, 5.41) is 7.03. The summed E-state index contributed by atoms with van der Waals surface area (Å²) in [6, 6.07) is 0. The molecule has 0 aromatic rings. The van der Waals surface area contributed by atoms with E-state index in [0.29, 0.717) is 11.8 Å². The van der Waals surface area contributed by atoms with E-state index in [9.17, 15) is 0 Å². The quantitative estimate of drug-likeness (QED) is 0.388. The standard InChI is InChI=1S/C16H38N4/c1-14(2)16(12-18,15(3)4)13-20-10-6-5-9-19-11-7-8-17/h14-15,19-20H,5-13,17-18H2,1-4H3. The Balaban J connectivity index is 3.75. The van der Waals surface area contributed by atoms with Crippen LogP contribution in [0.4, 0.5) is 0 Å². The van der Waals surface area contributed by atoms with E-state index in [1.54, 1.807) is 0 Å². The Morgan fingerprint density at radius 3 is 1.75 bits per heavy atom. The predicted octanol–water partition coefficient (Wildman–Crippen LogP) is 1.55. The number of nitrogens with one attached hydrogen (secondary N) is 2. The molecule has 0 fully saturated rings. The van der Waals surface area contributed by atoms with Crippen LogP contribution in [0.5, 0.6) is 0 Å². The molecule has 0 unspecified atom stereocenters. The lowest BCUT2D eigenvalue weighted by atomic mass is 9.69. The van der Waals surface area contributed by atoms with Gasteiger partial charge in [-0.05, 0) is 69.2 Å². The minimum Gasteiger partial charge on any atom is -0.330 e. The molecule has 122 valence electrons. The number of rotatable bonds is 13. The molecule has 0 aromatic heterocycles. The van der Waals surface area contributed by atoms with Gasteiger partial charge < -0.3 is 22.1 Å². The second-order valence-electron chi connectivity index (χ2n) is 6.52. The van der Waals surface area contributed by atoms with Gasteiger partial charge >= 0.3 is 0 Å². The van der Waals surface area contributed by atoms with E-state index in [0.717, 1.165) is 45.7 Å². The van der Waals surface area contributed by atoms with E-state index in [2.05, 4.69) is 38.3 Å². The Morgan fingerprint density at radius 1 is 0.800 bits per heavy atom. The number of hydrogen-bond donors (Lipinski definition) is 4. The topological polar surface area (TPSA) is 76.1 Å². The maximum Gasteiger partial charge on any atom is 0.00248 e. The van der Waals surface area contributed by atoms with Crippen molar-refractivity contribution < 1.29 is 0 Å². The lowest BCUT2D eigenvalue weighted by Crippen LogP contribution is -2.48. The molecule has 6 N–H and O–H groups in total. The molecule has 0 atom stereocenters. The van der Waals surface area contributed by atoms with Gasteiger partial charge in [0.25, 0.3) is 0 Å². The molecule has 0 radical (unpaired) electrons. The Kier molecular flexibility index (Phi) is 11.4. The van der Waals surface area contributed by atoms with Crippen LogP contribution in [0.25, 0.3) is 0 Å². The van der Waals surface area contributed by atoms with Crippen LogP contribution < -0.4 is 22.1 Å². The summed E-state index contributed by atoms with van der Waals surface area (Å²) >= 11 is 0. The van der Waals surface area contributed by atoms with E-state index < -0.39 is 0 Å². The van der Waals surface area contributed by atoms with Gasteiger partial charge in [0.15, 0.2) is 0 Å². The average Bonchev–Trinajstić information content (AvgIpc) is 2.40. The molecule has 0 saturated carbocycles. The first-order chi connectivity index (χ1) is 9.51. The lowest BCUT2D eigenvalue weighted by molar-refractivity contribution is 0.119. The van der Waals surface area contributed by atoms with Crippen molar-refractivity contribution in [3.05, 3.63) is 0 Å². The van der Waals surface area contributed by atoms with Gasteiger partial charge in [-0.3, -0.25) is 0 Å². The Hall–Kier alpha value is -0.160. The summed E-state index contributed by atoms with van der Waals surface area (Å²) in [4.78, 5) is 0. The Morgan fingerprint density at radius 2 is 1.30 bits per heavy atom. The van der Waals surface area contributed by atoms with E-state index in [1.165, 1.54) is 12.8 Å². The molecule has 0 aliphatic heterocycles. The fourth-order valence-electron chi connectivity index (χ4n) is 2.79. The van der Waals surface area contributed by atoms with Gasteiger partial charge in [0.2, 0.25) is 0 Å². The van der Waals surface area contributed by atoms with E-state index >= 15 is 0 Å². The third-order valence-corrected chi connectivity index (χ3v) is 4.65. The molecule has 0 saturated heterocycles. The van der Waals surface area contributed by atoms with Gasteiger partial charge in [-0.2, -0.15) is 0 Å². The SMILES string of the molecule is CC(C)C(CN)(CNCCCCNCCCN)C(C)C. The fraction of sp³-hybridized carbons (Fsp3) is 1.00. The largest absolute Gasteiger partial charge is 0.330 e. The summed E-state index contributed by atoms with van der Waals surface area (Å²) < 4.78 is 0. The second-order valence-corrected chi connectivity index (χ2v) is 6.52. The third kappa shape index (κ3) is 7.02.